The summed E-state index contributed by atoms with van der Waals surface area (Å²) in [6, 6.07) is 74.7. The molecule has 1 nitrogen and oxygen atoms in total. The highest BCUT2D eigenvalue weighted by Gasteiger charge is 2.43. The monoisotopic (exact) mass is 651 g/mol. The first-order valence-corrected chi connectivity index (χ1v) is 19.4. The van der Waals surface area contributed by atoms with Gasteiger partial charge in [-0.15, -0.1) is 0 Å². The van der Waals surface area contributed by atoms with E-state index in [9.17, 15) is 0 Å². The maximum absolute atomic E-state index is 2.96. The van der Waals surface area contributed by atoms with Gasteiger partial charge in [0.05, 0.1) is 11.0 Å². The molecule has 0 amide bonds. The van der Waals surface area contributed by atoms with Gasteiger partial charge in [-0.3, -0.25) is 0 Å². The number of nitrogens with zero attached hydrogens (tertiary/aromatic N) is 1. The topological polar surface area (TPSA) is 4.93 Å². The highest BCUT2D eigenvalue weighted by Crippen LogP contribution is 2.36. The summed E-state index contributed by atoms with van der Waals surface area (Å²) >= 11 is 0. The van der Waals surface area contributed by atoms with Gasteiger partial charge in [-0.25, -0.2) is 0 Å². The van der Waals surface area contributed by atoms with Crippen LogP contribution in [-0.4, -0.2) is 12.6 Å². The molecule has 2 heteroatoms. The van der Waals surface area contributed by atoms with Crippen LogP contribution in [-0.2, 0) is 0 Å². The summed E-state index contributed by atoms with van der Waals surface area (Å²) in [5.74, 6) is 0. The third-order valence-corrected chi connectivity index (χ3v) is 15.5. The summed E-state index contributed by atoms with van der Waals surface area (Å²) in [6.45, 7) is 0. The predicted octanol–water partition coefficient (Wildman–Crippen LogP) is 9.62. The Morgan fingerprint density at radius 2 is 0.700 bits per heavy atom. The van der Waals surface area contributed by atoms with Gasteiger partial charge in [0.1, 0.15) is 0 Å². The van der Waals surface area contributed by atoms with Crippen molar-refractivity contribution in [2.45, 2.75) is 0 Å². The van der Waals surface area contributed by atoms with Gasteiger partial charge in [-0.1, -0.05) is 176 Å². The molecule has 1 aromatic heterocycles. The van der Waals surface area contributed by atoms with Crippen LogP contribution >= 0.6 is 0 Å². The van der Waals surface area contributed by atoms with Crippen LogP contribution in [0.15, 0.2) is 200 Å². The van der Waals surface area contributed by atoms with E-state index >= 15 is 0 Å². The molecule has 0 bridgehead atoms. The molecule has 10 rings (SSSR count). The van der Waals surface area contributed by atoms with Gasteiger partial charge in [0, 0.05) is 16.5 Å². The summed E-state index contributed by atoms with van der Waals surface area (Å²) in [4.78, 5) is 0. The summed E-state index contributed by atoms with van der Waals surface area (Å²) in [5.41, 5.74) is 3.62. The van der Waals surface area contributed by atoms with Crippen LogP contribution in [0.3, 0.4) is 0 Å². The Bertz CT molecular complexity index is 2730. The van der Waals surface area contributed by atoms with E-state index in [1.165, 1.54) is 80.6 Å². The third kappa shape index (κ3) is 4.12. The lowest BCUT2D eigenvalue weighted by Crippen LogP contribution is -2.75. The molecule has 9 aromatic carbocycles. The standard InChI is InChI=1S/C48H33NSi/c1-3-18-35(19-4-1)50(36-20-5-2-6-21-36,47-32-16-29-44-40-24-8-7-23-38(40)39-25-9-10-28-43(39)48(44)47)37-22-15-17-34(33-37)49-45-30-13-11-26-41(45)42-27-12-14-31-46(42)49/h1-33H. The molecule has 0 saturated carbocycles. The molecular formula is C48H33NSi. The van der Waals surface area contributed by atoms with Gasteiger partial charge < -0.3 is 4.57 Å². The van der Waals surface area contributed by atoms with Crippen molar-refractivity contribution in [1.29, 1.82) is 0 Å². The van der Waals surface area contributed by atoms with E-state index in [-0.39, 0.29) is 0 Å². The predicted molar refractivity (Wildman–Crippen MR) is 217 cm³/mol. The van der Waals surface area contributed by atoms with Crippen LogP contribution < -0.4 is 20.7 Å². The second kappa shape index (κ2) is 11.4. The number of hydrogen-bond donors (Lipinski definition) is 0. The van der Waals surface area contributed by atoms with Gasteiger partial charge in [0.15, 0.2) is 8.07 Å². The Kier molecular flexibility index (Phi) is 6.58. The Balaban J connectivity index is 1.39. The maximum atomic E-state index is 2.49. The van der Waals surface area contributed by atoms with Crippen LogP contribution in [0.5, 0.6) is 0 Å². The Morgan fingerprint density at radius 3 is 1.26 bits per heavy atom. The first kappa shape index (κ1) is 28.8. The number of fused-ring (bicyclic) bond motifs is 9. The number of benzene rings is 9. The normalized spacial score (nSPS) is 12.0. The highest BCUT2D eigenvalue weighted by molar-refractivity contribution is 7.20. The number of hydrogen-bond acceptors (Lipinski definition) is 0. The van der Waals surface area contributed by atoms with Crippen molar-refractivity contribution < 1.29 is 0 Å². The summed E-state index contributed by atoms with van der Waals surface area (Å²) < 4.78 is 2.45. The average molecular weight is 652 g/mol. The van der Waals surface area contributed by atoms with Crippen LogP contribution in [0.2, 0.25) is 0 Å². The van der Waals surface area contributed by atoms with E-state index in [0.29, 0.717) is 0 Å². The molecule has 0 aliphatic rings. The van der Waals surface area contributed by atoms with E-state index in [1.807, 2.05) is 0 Å². The van der Waals surface area contributed by atoms with Gasteiger partial charge in [-0.2, -0.15) is 0 Å². The molecule has 50 heavy (non-hydrogen) atoms. The first-order valence-electron chi connectivity index (χ1n) is 17.4. The summed E-state index contributed by atoms with van der Waals surface area (Å²) in [6.07, 6.45) is 0. The van der Waals surface area contributed by atoms with Crippen molar-refractivity contribution >= 4 is 82.9 Å². The number of para-hydroxylation sites is 2. The van der Waals surface area contributed by atoms with Crippen molar-refractivity contribution in [3.63, 3.8) is 0 Å². The van der Waals surface area contributed by atoms with Crippen LogP contribution in [0.4, 0.5) is 0 Å². The van der Waals surface area contributed by atoms with Crippen molar-refractivity contribution in [3.05, 3.63) is 200 Å². The van der Waals surface area contributed by atoms with E-state index < -0.39 is 8.07 Å². The minimum Gasteiger partial charge on any atom is -0.309 e. The van der Waals surface area contributed by atoms with Crippen molar-refractivity contribution in [3.8, 4) is 5.69 Å². The van der Waals surface area contributed by atoms with E-state index in [0.717, 1.165) is 0 Å². The molecule has 0 aliphatic heterocycles. The molecule has 0 radical (unpaired) electrons. The van der Waals surface area contributed by atoms with Crippen LogP contribution in [0.25, 0.3) is 59.8 Å². The van der Waals surface area contributed by atoms with E-state index in [1.54, 1.807) is 0 Å². The lowest BCUT2D eigenvalue weighted by molar-refractivity contribution is 1.18. The fourth-order valence-corrected chi connectivity index (χ4v) is 13.7. The fourth-order valence-electron chi connectivity index (χ4n) is 8.69. The van der Waals surface area contributed by atoms with Gasteiger partial charge >= 0.3 is 0 Å². The minimum atomic E-state index is -2.96. The van der Waals surface area contributed by atoms with Crippen LogP contribution in [0, 0.1) is 0 Å². The van der Waals surface area contributed by atoms with Gasteiger partial charge in [-0.05, 0) is 77.3 Å². The largest absolute Gasteiger partial charge is 0.309 e. The molecule has 0 saturated heterocycles. The zero-order chi connectivity index (χ0) is 33.1. The molecule has 1 heterocycles. The quantitative estimate of drug-likeness (QED) is 0.0993. The fraction of sp³-hybridized carbons (Fsp3) is 0. The summed E-state index contributed by atoms with van der Waals surface area (Å²) in [5, 5.41) is 15.9. The number of rotatable bonds is 5. The molecule has 0 fully saturated rings. The molecule has 10 aromatic rings. The average Bonchev–Trinajstić information content (AvgIpc) is 3.54. The third-order valence-electron chi connectivity index (χ3n) is 10.7. The minimum absolute atomic E-state index is 1.18. The Labute approximate surface area is 292 Å². The molecule has 0 unspecified atom stereocenters. The smallest absolute Gasteiger partial charge is 0.180 e. The zero-order valence-electron chi connectivity index (χ0n) is 27.5. The van der Waals surface area contributed by atoms with E-state index in [2.05, 4.69) is 205 Å². The van der Waals surface area contributed by atoms with Crippen molar-refractivity contribution in [1.82, 2.24) is 4.57 Å². The first-order chi connectivity index (χ1) is 24.8. The highest BCUT2D eigenvalue weighted by atomic mass is 28.3. The molecule has 0 atom stereocenters. The lowest BCUT2D eigenvalue weighted by Gasteiger charge is -2.36. The lowest BCUT2D eigenvalue weighted by atomic mass is 9.94. The van der Waals surface area contributed by atoms with Crippen LogP contribution in [0.1, 0.15) is 0 Å². The number of aromatic nitrogens is 1. The zero-order valence-corrected chi connectivity index (χ0v) is 28.5. The second-order valence-electron chi connectivity index (χ2n) is 13.2. The van der Waals surface area contributed by atoms with E-state index in [4.69, 9.17) is 0 Å². The molecular weight excluding hydrogens is 619 g/mol. The SMILES string of the molecule is c1ccc([Si](c2ccccc2)(c2cccc(-n3c4ccccc4c4ccccc43)c2)c2cccc3c4ccccc4c4ccccc4c23)cc1. The Morgan fingerprint density at radius 1 is 0.300 bits per heavy atom. The van der Waals surface area contributed by atoms with Crippen molar-refractivity contribution in [2.75, 3.05) is 0 Å². The van der Waals surface area contributed by atoms with Gasteiger partial charge in [0.2, 0.25) is 0 Å². The second-order valence-corrected chi connectivity index (χ2v) is 17.0. The molecule has 0 spiro atoms. The summed E-state index contributed by atoms with van der Waals surface area (Å²) in [7, 11) is -2.96. The molecule has 0 N–H and O–H groups in total. The maximum Gasteiger partial charge on any atom is 0.180 e. The van der Waals surface area contributed by atoms with Crippen molar-refractivity contribution in [2.24, 2.45) is 0 Å². The molecule has 0 aliphatic carbocycles. The van der Waals surface area contributed by atoms with Gasteiger partial charge in [0.25, 0.3) is 0 Å². The Hall–Kier alpha value is -6.22. The molecule has 234 valence electrons.